The third-order valence-electron chi connectivity index (χ3n) is 4.73. The fraction of sp³-hybridized carbons (Fsp3) is 0.368. The number of allylic oxidation sites excluding steroid dienone is 1. The van der Waals surface area contributed by atoms with E-state index in [0.29, 0.717) is 11.4 Å². The first-order valence-electron chi connectivity index (χ1n) is 8.07. The zero-order chi connectivity index (χ0) is 17.6. The van der Waals surface area contributed by atoms with Crippen LogP contribution < -0.4 is 4.90 Å². The van der Waals surface area contributed by atoms with E-state index in [1.54, 1.807) is 0 Å². The number of carbonyl (C=O) groups is 2. The third kappa shape index (κ3) is 2.67. The Morgan fingerprint density at radius 1 is 1.25 bits per heavy atom. The van der Waals surface area contributed by atoms with Crippen molar-refractivity contribution in [3.63, 3.8) is 0 Å². The van der Waals surface area contributed by atoms with Gasteiger partial charge in [-0.15, -0.1) is 0 Å². The average molecular weight is 342 g/mol. The highest BCUT2D eigenvalue weighted by Crippen LogP contribution is 2.39. The van der Waals surface area contributed by atoms with Crippen molar-refractivity contribution in [1.29, 1.82) is 0 Å². The topological polar surface area (TPSA) is 40.6 Å². The summed E-state index contributed by atoms with van der Waals surface area (Å²) in [5.41, 5.74) is 4.49. The van der Waals surface area contributed by atoms with Crippen LogP contribution in [0.1, 0.15) is 38.8 Å². The van der Waals surface area contributed by atoms with Crippen LogP contribution in [-0.2, 0) is 4.79 Å². The average Bonchev–Trinajstić information content (AvgIpc) is 2.78. The van der Waals surface area contributed by atoms with E-state index in [1.807, 2.05) is 19.1 Å². The second kappa shape index (κ2) is 5.81. The van der Waals surface area contributed by atoms with Crippen LogP contribution in [0.3, 0.4) is 0 Å². The van der Waals surface area contributed by atoms with E-state index in [1.165, 1.54) is 21.7 Å². The number of hydrogen-bond acceptors (Lipinski definition) is 4. The van der Waals surface area contributed by atoms with Crippen LogP contribution in [0.5, 0.6) is 0 Å². The van der Waals surface area contributed by atoms with Gasteiger partial charge in [0.2, 0.25) is 0 Å². The molecule has 2 amide bonds. The largest absolute Gasteiger partial charge is 0.366 e. The van der Waals surface area contributed by atoms with E-state index in [2.05, 4.69) is 50.9 Å². The molecule has 0 saturated carbocycles. The summed E-state index contributed by atoms with van der Waals surface area (Å²) >= 11 is 1.01. The van der Waals surface area contributed by atoms with Crippen LogP contribution in [0.15, 0.2) is 29.2 Å². The summed E-state index contributed by atoms with van der Waals surface area (Å²) < 4.78 is 0. The highest BCUT2D eigenvalue weighted by atomic mass is 32.2. The summed E-state index contributed by atoms with van der Waals surface area (Å²) in [5.74, 6) is -0.198. The fourth-order valence-electron chi connectivity index (χ4n) is 3.19. The maximum absolute atomic E-state index is 12.2. The normalized spacial score (nSPS) is 21.4. The molecular formula is C19H22N2O2S. The molecule has 2 aliphatic heterocycles. The third-order valence-corrected chi connectivity index (χ3v) is 5.64. The maximum Gasteiger partial charge on any atom is 0.293 e. The lowest BCUT2D eigenvalue weighted by Crippen LogP contribution is -2.42. The molecule has 0 atom stereocenters. The number of likely N-dealkylation sites (N-methyl/N-ethyl adjacent to an activating group) is 2. The lowest BCUT2D eigenvalue weighted by atomic mass is 9.88. The number of imide groups is 1. The highest BCUT2D eigenvalue weighted by Gasteiger charge is 2.34. The molecule has 1 fully saturated rings. The molecule has 4 nitrogen and oxygen atoms in total. The molecule has 5 heteroatoms. The SMILES string of the molecule is CCN1C(=O)S/C(=C/c2ccc3c(c2)C(C)=CC(C)(C)N3C)C1=O. The van der Waals surface area contributed by atoms with Crippen LogP contribution >= 0.6 is 11.8 Å². The number of amides is 2. The zero-order valence-electron chi connectivity index (χ0n) is 14.7. The smallest absolute Gasteiger partial charge is 0.293 e. The molecule has 1 aromatic carbocycles. The van der Waals surface area contributed by atoms with E-state index in [4.69, 9.17) is 0 Å². The molecule has 0 aliphatic carbocycles. The first kappa shape index (κ1) is 16.8. The predicted molar refractivity (Wildman–Crippen MR) is 101 cm³/mol. The Morgan fingerprint density at radius 3 is 2.58 bits per heavy atom. The van der Waals surface area contributed by atoms with E-state index in [-0.39, 0.29) is 16.7 Å². The minimum atomic E-state index is -0.198. The number of hydrogen-bond donors (Lipinski definition) is 0. The minimum absolute atomic E-state index is 0.0254. The van der Waals surface area contributed by atoms with Crippen molar-refractivity contribution in [2.24, 2.45) is 0 Å². The van der Waals surface area contributed by atoms with Crippen LogP contribution in [0, 0.1) is 0 Å². The van der Waals surface area contributed by atoms with Crippen molar-refractivity contribution in [3.05, 3.63) is 40.3 Å². The van der Waals surface area contributed by atoms with E-state index in [0.717, 1.165) is 17.3 Å². The van der Waals surface area contributed by atoms with Gasteiger partial charge in [-0.2, -0.15) is 0 Å². The van der Waals surface area contributed by atoms with Crippen LogP contribution in [-0.4, -0.2) is 35.2 Å². The predicted octanol–water partition coefficient (Wildman–Crippen LogP) is 4.37. The van der Waals surface area contributed by atoms with Crippen molar-refractivity contribution >= 4 is 40.2 Å². The van der Waals surface area contributed by atoms with Crippen molar-refractivity contribution in [1.82, 2.24) is 4.90 Å². The molecule has 0 radical (unpaired) electrons. The van der Waals surface area contributed by atoms with E-state index < -0.39 is 0 Å². The molecule has 0 aromatic heterocycles. The molecule has 0 bridgehead atoms. The van der Waals surface area contributed by atoms with Gasteiger partial charge >= 0.3 is 0 Å². The highest BCUT2D eigenvalue weighted by molar-refractivity contribution is 8.18. The lowest BCUT2D eigenvalue weighted by molar-refractivity contribution is -0.122. The van der Waals surface area contributed by atoms with Crippen LogP contribution in [0.25, 0.3) is 11.6 Å². The molecular weight excluding hydrogens is 320 g/mol. The standard InChI is InChI=1S/C19H22N2O2S/c1-6-21-17(22)16(24-18(21)23)10-13-7-8-15-14(9-13)12(2)11-19(3,4)20(15)5/h7-11H,6H2,1-5H3/b16-10+. The molecule has 24 heavy (non-hydrogen) atoms. The summed E-state index contributed by atoms with van der Waals surface area (Å²) in [6, 6.07) is 6.18. The van der Waals surface area contributed by atoms with Crippen LogP contribution in [0.4, 0.5) is 10.5 Å². The number of benzene rings is 1. The number of fused-ring (bicyclic) bond motifs is 1. The lowest BCUT2D eigenvalue weighted by Gasteiger charge is -2.40. The zero-order valence-corrected chi connectivity index (χ0v) is 15.5. The Morgan fingerprint density at radius 2 is 1.96 bits per heavy atom. The molecule has 0 N–H and O–H groups in total. The van der Waals surface area contributed by atoms with Crippen molar-refractivity contribution in [2.75, 3.05) is 18.5 Å². The van der Waals surface area contributed by atoms with Gasteiger partial charge in [0, 0.05) is 24.8 Å². The van der Waals surface area contributed by atoms with Gasteiger partial charge in [0.25, 0.3) is 11.1 Å². The number of anilines is 1. The van der Waals surface area contributed by atoms with Gasteiger partial charge in [0.1, 0.15) is 0 Å². The second-order valence-corrected chi connectivity index (χ2v) is 7.74. The van der Waals surface area contributed by atoms with Crippen molar-refractivity contribution in [2.45, 2.75) is 33.2 Å². The molecule has 2 heterocycles. The molecule has 3 rings (SSSR count). The first-order chi connectivity index (χ1) is 11.2. The van der Waals surface area contributed by atoms with Crippen molar-refractivity contribution < 1.29 is 9.59 Å². The summed E-state index contributed by atoms with van der Waals surface area (Å²) in [6.07, 6.45) is 4.07. The monoisotopic (exact) mass is 342 g/mol. The Labute approximate surface area is 147 Å². The Bertz CT molecular complexity index is 793. The number of nitrogens with zero attached hydrogens (tertiary/aromatic N) is 2. The summed E-state index contributed by atoms with van der Waals surface area (Å²) in [5, 5.41) is -0.190. The molecule has 2 aliphatic rings. The van der Waals surface area contributed by atoms with Gasteiger partial charge in [-0.3, -0.25) is 14.5 Å². The molecule has 0 spiro atoms. The fourth-order valence-corrected chi connectivity index (χ4v) is 4.09. The van der Waals surface area contributed by atoms with E-state index >= 15 is 0 Å². The number of thioether (sulfide) groups is 1. The Kier molecular flexibility index (Phi) is 4.08. The molecule has 126 valence electrons. The first-order valence-corrected chi connectivity index (χ1v) is 8.89. The van der Waals surface area contributed by atoms with Gasteiger partial charge in [-0.25, -0.2) is 0 Å². The van der Waals surface area contributed by atoms with Gasteiger partial charge in [0.15, 0.2) is 0 Å². The molecule has 0 unspecified atom stereocenters. The summed E-state index contributed by atoms with van der Waals surface area (Å²) in [6.45, 7) is 8.71. The van der Waals surface area contributed by atoms with Crippen LogP contribution in [0.2, 0.25) is 0 Å². The van der Waals surface area contributed by atoms with Gasteiger partial charge < -0.3 is 4.90 Å². The number of rotatable bonds is 2. The molecule has 1 saturated heterocycles. The quantitative estimate of drug-likeness (QED) is 0.748. The maximum atomic E-state index is 12.2. The minimum Gasteiger partial charge on any atom is -0.366 e. The van der Waals surface area contributed by atoms with Gasteiger partial charge in [-0.05, 0) is 68.8 Å². The summed E-state index contributed by atoms with van der Waals surface area (Å²) in [4.78, 5) is 28.1. The summed E-state index contributed by atoms with van der Waals surface area (Å²) in [7, 11) is 2.09. The van der Waals surface area contributed by atoms with Crippen molar-refractivity contribution in [3.8, 4) is 0 Å². The molecule has 1 aromatic rings. The Hall–Kier alpha value is -2.01. The number of carbonyl (C=O) groups excluding carboxylic acids is 2. The van der Waals surface area contributed by atoms with E-state index in [9.17, 15) is 9.59 Å². The second-order valence-electron chi connectivity index (χ2n) is 6.74. The van der Waals surface area contributed by atoms with Gasteiger partial charge in [0.05, 0.1) is 10.4 Å². The van der Waals surface area contributed by atoms with Gasteiger partial charge in [-0.1, -0.05) is 12.1 Å². The Balaban J connectivity index is 1.99.